The second kappa shape index (κ2) is 5.38. The van der Waals surface area contributed by atoms with Crippen LogP contribution in [0.15, 0.2) is 18.2 Å². The molecule has 0 unspecified atom stereocenters. The summed E-state index contributed by atoms with van der Waals surface area (Å²) in [5.74, 6) is 1.46. The maximum Gasteiger partial charge on any atom is 0.161 e. The summed E-state index contributed by atoms with van der Waals surface area (Å²) in [6.45, 7) is 3.48. The zero-order valence-corrected chi connectivity index (χ0v) is 10.4. The number of benzene rings is 1. The molecule has 0 saturated carbocycles. The lowest BCUT2D eigenvalue weighted by atomic mass is 10.1. The molecule has 1 aromatic carbocycles. The van der Waals surface area contributed by atoms with Crippen molar-refractivity contribution >= 4 is 0 Å². The molecule has 1 heterocycles. The van der Waals surface area contributed by atoms with Gasteiger partial charge in [-0.3, -0.25) is 0 Å². The lowest BCUT2D eigenvalue weighted by Crippen LogP contribution is -2.06. The molecule has 2 rings (SSSR count). The van der Waals surface area contributed by atoms with Crippen LogP contribution in [-0.4, -0.2) is 33.5 Å². The SMILES string of the molecule is COc1ccc([C@H](C)OC[C@H]2CO2)cc1OC. The smallest absolute Gasteiger partial charge is 0.161 e. The fourth-order valence-electron chi connectivity index (χ4n) is 1.62. The summed E-state index contributed by atoms with van der Waals surface area (Å²) in [5, 5.41) is 0. The molecule has 0 amide bonds. The summed E-state index contributed by atoms with van der Waals surface area (Å²) in [7, 11) is 3.26. The number of rotatable bonds is 6. The van der Waals surface area contributed by atoms with E-state index in [9.17, 15) is 0 Å². The number of methoxy groups -OCH3 is 2. The predicted octanol–water partition coefficient (Wildman–Crippen LogP) is 2.18. The fourth-order valence-corrected chi connectivity index (χ4v) is 1.62. The van der Waals surface area contributed by atoms with Crippen molar-refractivity contribution < 1.29 is 18.9 Å². The Labute approximate surface area is 101 Å². The third-order valence-electron chi connectivity index (χ3n) is 2.81. The van der Waals surface area contributed by atoms with Crippen molar-refractivity contribution in [2.45, 2.75) is 19.1 Å². The van der Waals surface area contributed by atoms with Crippen LogP contribution in [0.3, 0.4) is 0 Å². The van der Waals surface area contributed by atoms with Gasteiger partial charge in [-0.25, -0.2) is 0 Å². The van der Waals surface area contributed by atoms with Gasteiger partial charge < -0.3 is 18.9 Å². The largest absolute Gasteiger partial charge is 0.493 e. The van der Waals surface area contributed by atoms with Crippen molar-refractivity contribution in [3.8, 4) is 11.5 Å². The first-order valence-corrected chi connectivity index (χ1v) is 5.69. The number of epoxide rings is 1. The molecule has 94 valence electrons. The Morgan fingerprint density at radius 1 is 1.29 bits per heavy atom. The minimum atomic E-state index is 0.0269. The van der Waals surface area contributed by atoms with Crippen LogP contribution in [0.4, 0.5) is 0 Å². The minimum Gasteiger partial charge on any atom is -0.493 e. The lowest BCUT2D eigenvalue weighted by Gasteiger charge is -2.15. The average Bonchev–Trinajstić information content (AvgIpc) is 3.19. The van der Waals surface area contributed by atoms with Crippen molar-refractivity contribution in [1.82, 2.24) is 0 Å². The standard InChI is InChI=1S/C13H18O4/c1-9(16-7-11-8-17-11)10-4-5-12(14-2)13(6-10)15-3/h4-6,9,11H,7-8H2,1-3H3/t9-,11-/m0/s1. The Morgan fingerprint density at radius 3 is 2.59 bits per heavy atom. The van der Waals surface area contributed by atoms with Gasteiger partial charge in [0.2, 0.25) is 0 Å². The van der Waals surface area contributed by atoms with Crippen molar-refractivity contribution in [2.75, 3.05) is 27.4 Å². The second-order valence-corrected chi connectivity index (χ2v) is 4.05. The summed E-state index contributed by atoms with van der Waals surface area (Å²) >= 11 is 0. The Hall–Kier alpha value is -1.26. The molecular weight excluding hydrogens is 220 g/mol. The molecule has 1 aromatic rings. The van der Waals surface area contributed by atoms with E-state index in [0.29, 0.717) is 6.61 Å². The molecule has 17 heavy (non-hydrogen) atoms. The van der Waals surface area contributed by atoms with Gasteiger partial charge in [0.25, 0.3) is 0 Å². The summed E-state index contributed by atoms with van der Waals surface area (Å²) < 4.78 is 21.3. The van der Waals surface area contributed by atoms with E-state index in [2.05, 4.69) is 0 Å². The summed E-state index contributed by atoms with van der Waals surface area (Å²) in [4.78, 5) is 0. The molecule has 1 fully saturated rings. The number of hydrogen-bond donors (Lipinski definition) is 0. The molecule has 1 aliphatic rings. The molecule has 0 aromatic heterocycles. The summed E-state index contributed by atoms with van der Waals surface area (Å²) in [6, 6.07) is 5.82. The van der Waals surface area contributed by atoms with Gasteiger partial charge >= 0.3 is 0 Å². The van der Waals surface area contributed by atoms with E-state index in [-0.39, 0.29) is 12.2 Å². The van der Waals surface area contributed by atoms with Gasteiger partial charge in [0, 0.05) is 0 Å². The molecule has 1 saturated heterocycles. The monoisotopic (exact) mass is 238 g/mol. The number of hydrogen-bond acceptors (Lipinski definition) is 4. The molecule has 0 bridgehead atoms. The Kier molecular flexibility index (Phi) is 3.86. The third kappa shape index (κ3) is 3.11. The topological polar surface area (TPSA) is 40.2 Å². The van der Waals surface area contributed by atoms with Crippen molar-refractivity contribution in [3.63, 3.8) is 0 Å². The highest BCUT2D eigenvalue weighted by Crippen LogP contribution is 2.31. The van der Waals surface area contributed by atoms with E-state index in [1.165, 1.54) is 0 Å². The normalized spacial score (nSPS) is 19.8. The Balaban J connectivity index is 2.02. The average molecular weight is 238 g/mol. The number of ether oxygens (including phenoxy) is 4. The van der Waals surface area contributed by atoms with E-state index in [1.54, 1.807) is 14.2 Å². The highest BCUT2D eigenvalue weighted by molar-refractivity contribution is 5.43. The van der Waals surface area contributed by atoms with Crippen LogP contribution in [0.2, 0.25) is 0 Å². The highest BCUT2D eigenvalue weighted by atomic mass is 16.6. The van der Waals surface area contributed by atoms with Crippen LogP contribution in [0.5, 0.6) is 11.5 Å². The molecular formula is C13H18O4. The van der Waals surface area contributed by atoms with Crippen molar-refractivity contribution in [1.29, 1.82) is 0 Å². The molecule has 4 nitrogen and oxygen atoms in total. The van der Waals surface area contributed by atoms with E-state index in [4.69, 9.17) is 18.9 Å². The van der Waals surface area contributed by atoms with E-state index >= 15 is 0 Å². The van der Waals surface area contributed by atoms with Gasteiger partial charge in [-0.1, -0.05) is 6.07 Å². The third-order valence-corrected chi connectivity index (χ3v) is 2.81. The van der Waals surface area contributed by atoms with Gasteiger partial charge in [0.15, 0.2) is 11.5 Å². The predicted molar refractivity (Wildman–Crippen MR) is 63.7 cm³/mol. The van der Waals surface area contributed by atoms with Crippen LogP contribution < -0.4 is 9.47 Å². The van der Waals surface area contributed by atoms with Crippen LogP contribution in [0.1, 0.15) is 18.6 Å². The van der Waals surface area contributed by atoms with E-state index in [1.807, 2.05) is 25.1 Å². The van der Waals surface area contributed by atoms with Gasteiger partial charge in [0.1, 0.15) is 6.10 Å². The summed E-state index contributed by atoms with van der Waals surface area (Å²) in [6.07, 6.45) is 0.316. The van der Waals surface area contributed by atoms with Crippen LogP contribution in [0, 0.1) is 0 Å². The maximum absolute atomic E-state index is 5.70. The zero-order valence-electron chi connectivity index (χ0n) is 10.4. The molecule has 2 atom stereocenters. The fraction of sp³-hybridized carbons (Fsp3) is 0.538. The van der Waals surface area contributed by atoms with E-state index < -0.39 is 0 Å². The first kappa shape index (κ1) is 12.2. The quantitative estimate of drug-likeness (QED) is 0.712. The van der Waals surface area contributed by atoms with Crippen LogP contribution in [0.25, 0.3) is 0 Å². The van der Waals surface area contributed by atoms with E-state index in [0.717, 1.165) is 23.7 Å². The highest BCUT2D eigenvalue weighted by Gasteiger charge is 2.23. The summed E-state index contributed by atoms with van der Waals surface area (Å²) in [5.41, 5.74) is 1.07. The zero-order chi connectivity index (χ0) is 12.3. The Bertz CT molecular complexity index is 374. The van der Waals surface area contributed by atoms with Crippen molar-refractivity contribution in [2.24, 2.45) is 0 Å². The molecule has 0 spiro atoms. The van der Waals surface area contributed by atoms with Gasteiger partial charge in [-0.05, 0) is 24.6 Å². The molecule has 0 aliphatic carbocycles. The van der Waals surface area contributed by atoms with Gasteiger partial charge in [-0.2, -0.15) is 0 Å². The molecule has 0 N–H and O–H groups in total. The first-order chi connectivity index (χ1) is 8.24. The van der Waals surface area contributed by atoms with Gasteiger partial charge in [-0.15, -0.1) is 0 Å². The van der Waals surface area contributed by atoms with Gasteiger partial charge in [0.05, 0.1) is 33.5 Å². The Morgan fingerprint density at radius 2 is 2.00 bits per heavy atom. The minimum absolute atomic E-state index is 0.0269. The molecule has 4 heteroatoms. The molecule has 0 radical (unpaired) electrons. The van der Waals surface area contributed by atoms with Crippen LogP contribution >= 0.6 is 0 Å². The first-order valence-electron chi connectivity index (χ1n) is 5.69. The lowest BCUT2D eigenvalue weighted by molar-refractivity contribution is 0.0538. The molecule has 1 aliphatic heterocycles. The van der Waals surface area contributed by atoms with Crippen LogP contribution in [-0.2, 0) is 9.47 Å². The maximum atomic E-state index is 5.70. The van der Waals surface area contributed by atoms with Crippen molar-refractivity contribution in [3.05, 3.63) is 23.8 Å². The second-order valence-electron chi connectivity index (χ2n) is 4.05.